The Balaban J connectivity index is 1.79. The highest BCUT2D eigenvalue weighted by Crippen LogP contribution is 2.24. The number of hydrogen-bond acceptors (Lipinski definition) is 1. The zero-order valence-corrected chi connectivity index (χ0v) is 16.5. The molecule has 0 saturated heterocycles. The summed E-state index contributed by atoms with van der Waals surface area (Å²) in [7, 11) is 0. The van der Waals surface area contributed by atoms with Crippen molar-refractivity contribution in [2.45, 2.75) is 6.04 Å². The number of nitrogens with zero attached hydrogens (tertiary/aromatic N) is 1. The van der Waals surface area contributed by atoms with E-state index in [9.17, 15) is 4.39 Å². The summed E-state index contributed by atoms with van der Waals surface area (Å²) < 4.78 is 13.3. The van der Waals surface area contributed by atoms with Crippen LogP contribution in [-0.4, -0.2) is 5.71 Å². The highest BCUT2D eigenvalue weighted by atomic mass is 19.1. The van der Waals surface area contributed by atoms with Crippen molar-refractivity contribution in [1.82, 2.24) is 0 Å². The van der Waals surface area contributed by atoms with Gasteiger partial charge in [0.15, 0.2) is 0 Å². The lowest BCUT2D eigenvalue weighted by atomic mass is 10.00. The van der Waals surface area contributed by atoms with Crippen LogP contribution in [0.1, 0.15) is 28.3 Å². The molecule has 0 fully saturated rings. The average Bonchev–Trinajstić information content (AvgIpc) is 2.82. The summed E-state index contributed by atoms with van der Waals surface area (Å²) in [5, 5.41) is 0. The van der Waals surface area contributed by atoms with E-state index in [0.29, 0.717) is 0 Å². The first-order valence-electron chi connectivity index (χ1n) is 9.97. The molecule has 0 radical (unpaired) electrons. The van der Waals surface area contributed by atoms with E-state index in [2.05, 4.69) is 42.5 Å². The van der Waals surface area contributed by atoms with Gasteiger partial charge in [-0.05, 0) is 23.3 Å². The highest BCUT2D eigenvalue weighted by Gasteiger charge is 2.12. The van der Waals surface area contributed by atoms with Crippen LogP contribution in [0.5, 0.6) is 0 Å². The molecule has 0 spiro atoms. The van der Waals surface area contributed by atoms with Crippen LogP contribution in [0, 0.1) is 5.82 Å². The van der Waals surface area contributed by atoms with Crippen LogP contribution < -0.4 is 0 Å². The van der Waals surface area contributed by atoms with Crippen molar-refractivity contribution < 1.29 is 4.39 Å². The van der Waals surface area contributed by atoms with Crippen LogP contribution in [0.3, 0.4) is 0 Å². The van der Waals surface area contributed by atoms with E-state index in [0.717, 1.165) is 28.0 Å². The second-order valence-corrected chi connectivity index (χ2v) is 6.98. The second kappa shape index (κ2) is 9.62. The molecule has 2 heteroatoms. The predicted molar refractivity (Wildman–Crippen MR) is 123 cm³/mol. The van der Waals surface area contributed by atoms with Crippen LogP contribution in [0.15, 0.2) is 126 Å². The van der Waals surface area contributed by atoms with Gasteiger partial charge in [-0.15, -0.1) is 0 Å². The molecule has 0 N–H and O–H groups in total. The molecule has 146 valence electrons. The maximum atomic E-state index is 13.3. The van der Waals surface area contributed by atoms with Crippen molar-refractivity contribution in [1.29, 1.82) is 0 Å². The summed E-state index contributed by atoms with van der Waals surface area (Å²) in [5.41, 5.74) is 5.11. The fraction of sp³-hybridized carbons (Fsp3) is 0.0357. The molecular formula is C28H22FN. The number of halogens is 1. The smallest absolute Gasteiger partial charge is 0.123 e. The topological polar surface area (TPSA) is 12.4 Å². The van der Waals surface area contributed by atoms with Crippen molar-refractivity contribution in [2.24, 2.45) is 4.99 Å². The Morgan fingerprint density at radius 2 is 1.13 bits per heavy atom. The summed E-state index contributed by atoms with van der Waals surface area (Å²) in [6, 6.07) is 37.0. The fourth-order valence-electron chi connectivity index (χ4n) is 3.30. The van der Waals surface area contributed by atoms with Crippen molar-refractivity contribution in [3.8, 4) is 0 Å². The van der Waals surface area contributed by atoms with Gasteiger partial charge in [-0.3, -0.25) is 4.99 Å². The second-order valence-electron chi connectivity index (χ2n) is 6.98. The van der Waals surface area contributed by atoms with E-state index in [1.807, 2.05) is 60.7 Å². The Kier molecular flexibility index (Phi) is 6.26. The van der Waals surface area contributed by atoms with Gasteiger partial charge in [0.05, 0.1) is 11.8 Å². The van der Waals surface area contributed by atoms with E-state index >= 15 is 0 Å². The Bertz CT molecular complexity index is 1070. The normalized spacial score (nSPS) is 11.9. The van der Waals surface area contributed by atoms with Crippen molar-refractivity contribution in [3.63, 3.8) is 0 Å². The Hall–Kier alpha value is -3.78. The Morgan fingerprint density at radius 3 is 1.67 bits per heavy atom. The molecule has 0 aromatic heterocycles. The SMILES string of the molecule is Fc1ccc(/C=C/C(N=C(c2ccccc2)c2ccccc2)c2ccccc2)cc1. The summed E-state index contributed by atoms with van der Waals surface area (Å²) >= 11 is 0. The zero-order chi connectivity index (χ0) is 20.6. The van der Waals surface area contributed by atoms with Crippen LogP contribution in [0.4, 0.5) is 4.39 Å². The molecule has 0 heterocycles. The van der Waals surface area contributed by atoms with Gasteiger partial charge in [0.2, 0.25) is 0 Å². The third-order valence-electron chi connectivity index (χ3n) is 4.84. The largest absolute Gasteiger partial charge is 0.272 e. The molecular weight excluding hydrogens is 369 g/mol. The standard InChI is InChI=1S/C28H22FN/c29-26-19-16-22(17-20-26)18-21-27(23-10-4-1-5-11-23)30-28(24-12-6-2-7-13-24)25-14-8-3-9-15-25/h1-21,27H/b21-18+. The van der Waals surface area contributed by atoms with Gasteiger partial charge in [-0.25, -0.2) is 4.39 Å². The lowest BCUT2D eigenvalue weighted by molar-refractivity contribution is 0.628. The Morgan fingerprint density at radius 1 is 0.633 bits per heavy atom. The van der Waals surface area contributed by atoms with Gasteiger partial charge in [0.1, 0.15) is 5.82 Å². The molecule has 1 unspecified atom stereocenters. The van der Waals surface area contributed by atoms with E-state index in [-0.39, 0.29) is 11.9 Å². The molecule has 4 rings (SSSR count). The average molecular weight is 391 g/mol. The molecule has 30 heavy (non-hydrogen) atoms. The van der Waals surface area contributed by atoms with E-state index < -0.39 is 0 Å². The maximum Gasteiger partial charge on any atom is 0.123 e. The number of aliphatic imine (C=N–C) groups is 1. The Labute approximate surface area is 176 Å². The third-order valence-corrected chi connectivity index (χ3v) is 4.84. The van der Waals surface area contributed by atoms with E-state index in [4.69, 9.17) is 4.99 Å². The summed E-state index contributed by atoms with van der Waals surface area (Å²) in [5.74, 6) is -0.236. The number of hydrogen-bond donors (Lipinski definition) is 0. The molecule has 1 nitrogen and oxygen atoms in total. The number of rotatable bonds is 6. The molecule has 4 aromatic rings. The first-order valence-corrected chi connectivity index (χ1v) is 9.97. The summed E-state index contributed by atoms with van der Waals surface area (Å²) in [6.45, 7) is 0. The van der Waals surface area contributed by atoms with E-state index in [1.54, 1.807) is 12.1 Å². The molecule has 0 saturated carbocycles. The lowest BCUT2D eigenvalue weighted by Gasteiger charge is -2.14. The van der Waals surface area contributed by atoms with Gasteiger partial charge >= 0.3 is 0 Å². The quantitative estimate of drug-likeness (QED) is 0.310. The minimum absolute atomic E-state index is 0.174. The molecule has 0 aliphatic heterocycles. The monoisotopic (exact) mass is 391 g/mol. The third kappa shape index (κ3) is 4.98. The van der Waals surface area contributed by atoms with Crippen LogP contribution in [0.25, 0.3) is 6.08 Å². The fourth-order valence-corrected chi connectivity index (χ4v) is 3.30. The van der Waals surface area contributed by atoms with Gasteiger partial charge in [-0.2, -0.15) is 0 Å². The van der Waals surface area contributed by atoms with Crippen molar-refractivity contribution >= 4 is 11.8 Å². The molecule has 0 aliphatic rings. The zero-order valence-electron chi connectivity index (χ0n) is 16.5. The van der Waals surface area contributed by atoms with Crippen LogP contribution >= 0.6 is 0 Å². The van der Waals surface area contributed by atoms with Gasteiger partial charge in [0, 0.05) is 11.1 Å². The molecule has 0 bridgehead atoms. The van der Waals surface area contributed by atoms with E-state index in [1.165, 1.54) is 12.1 Å². The van der Waals surface area contributed by atoms with Gasteiger partial charge in [-0.1, -0.05) is 115 Å². The molecule has 4 aromatic carbocycles. The molecule has 0 aliphatic carbocycles. The van der Waals surface area contributed by atoms with Crippen molar-refractivity contribution in [2.75, 3.05) is 0 Å². The first kappa shape index (κ1) is 19.5. The van der Waals surface area contributed by atoms with Gasteiger partial charge < -0.3 is 0 Å². The first-order chi connectivity index (χ1) is 14.8. The summed E-state index contributed by atoms with van der Waals surface area (Å²) in [6.07, 6.45) is 4.06. The summed E-state index contributed by atoms with van der Waals surface area (Å²) in [4.78, 5) is 5.18. The molecule has 1 atom stereocenters. The minimum Gasteiger partial charge on any atom is -0.272 e. The minimum atomic E-state index is -0.236. The maximum absolute atomic E-state index is 13.3. The van der Waals surface area contributed by atoms with Crippen LogP contribution in [-0.2, 0) is 0 Å². The van der Waals surface area contributed by atoms with Crippen molar-refractivity contribution in [3.05, 3.63) is 149 Å². The number of benzene rings is 4. The lowest BCUT2D eigenvalue weighted by Crippen LogP contribution is -2.06. The highest BCUT2D eigenvalue weighted by molar-refractivity contribution is 6.13. The van der Waals surface area contributed by atoms with Crippen LogP contribution in [0.2, 0.25) is 0 Å². The molecule has 0 amide bonds. The predicted octanol–water partition coefficient (Wildman–Crippen LogP) is 7.12. The van der Waals surface area contributed by atoms with Gasteiger partial charge in [0.25, 0.3) is 0 Å².